The van der Waals surface area contributed by atoms with Crippen molar-refractivity contribution in [3.8, 4) is 0 Å². The van der Waals surface area contributed by atoms with Gasteiger partial charge in [-0.2, -0.15) is 4.79 Å². The molecule has 0 saturated heterocycles. The van der Waals surface area contributed by atoms with Crippen molar-refractivity contribution in [1.29, 1.82) is 0 Å². The van der Waals surface area contributed by atoms with Crippen LogP contribution >= 0.6 is 0 Å². The van der Waals surface area contributed by atoms with E-state index in [1.807, 2.05) is 0 Å². The standard InChI is InChI=1S/C2H3O3S/c1-5-2(3)6-4/h1H3/q+1. The third-order valence-corrected chi connectivity index (χ3v) is 0.537. The second-order valence-corrected chi connectivity index (χ2v) is 1.04. The molecule has 0 N–H and O–H groups in total. The van der Waals surface area contributed by atoms with Crippen LogP contribution in [0, 0.1) is 0 Å². The lowest BCUT2D eigenvalue weighted by atomic mass is 11.5. The predicted octanol–water partition coefficient (Wildman–Crippen LogP) is 0.181. The van der Waals surface area contributed by atoms with E-state index in [2.05, 4.69) is 4.74 Å². The summed E-state index contributed by atoms with van der Waals surface area (Å²) >= 11 is -0.186. The summed E-state index contributed by atoms with van der Waals surface area (Å²) in [5.74, 6) is 0. The van der Waals surface area contributed by atoms with E-state index in [4.69, 9.17) is 0 Å². The molecule has 0 aliphatic rings. The maximum atomic E-state index is 9.61. The van der Waals surface area contributed by atoms with Crippen molar-refractivity contribution in [1.82, 2.24) is 0 Å². The SMILES string of the molecule is COC(=O)[S+]=O. The van der Waals surface area contributed by atoms with Crippen LogP contribution in [-0.4, -0.2) is 12.4 Å². The molecule has 0 aromatic carbocycles. The van der Waals surface area contributed by atoms with Crippen LogP contribution in [0.5, 0.6) is 0 Å². The summed E-state index contributed by atoms with van der Waals surface area (Å²) in [4.78, 5) is 9.61. The minimum Gasteiger partial charge on any atom is -0.418 e. The van der Waals surface area contributed by atoms with Crippen molar-refractivity contribution in [2.45, 2.75) is 0 Å². The van der Waals surface area contributed by atoms with Crippen LogP contribution < -0.4 is 0 Å². The Hall–Kier alpha value is -0.510. The zero-order valence-electron chi connectivity index (χ0n) is 3.13. The van der Waals surface area contributed by atoms with E-state index in [1.54, 1.807) is 0 Å². The van der Waals surface area contributed by atoms with Crippen LogP contribution in [0.1, 0.15) is 0 Å². The van der Waals surface area contributed by atoms with Gasteiger partial charge in [0.25, 0.3) is 0 Å². The predicted molar refractivity (Wildman–Crippen MR) is 20.5 cm³/mol. The molecule has 3 nitrogen and oxygen atoms in total. The van der Waals surface area contributed by atoms with E-state index < -0.39 is 5.30 Å². The molecule has 0 saturated carbocycles. The quantitative estimate of drug-likeness (QED) is 0.327. The van der Waals surface area contributed by atoms with Crippen molar-refractivity contribution in [2.75, 3.05) is 7.11 Å². The summed E-state index contributed by atoms with van der Waals surface area (Å²) in [5, 5.41) is -0.796. The monoisotopic (exact) mass is 107 g/mol. The second kappa shape index (κ2) is 2.71. The zero-order valence-corrected chi connectivity index (χ0v) is 3.95. The molecule has 34 valence electrons. The first-order chi connectivity index (χ1) is 2.81. The molecule has 0 aliphatic carbocycles. The van der Waals surface area contributed by atoms with E-state index in [0.717, 1.165) is 7.11 Å². The van der Waals surface area contributed by atoms with Gasteiger partial charge >= 0.3 is 17.0 Å². The third kappa shape index (κ3) is 1.78. The Bertz CT molecular complexity index is 69.2. The summed E-state index contributed by atoms with van der Waals surface area (Å²) in [6.45, 7) is 0. The number of ether oxygens (including phenoxy) is 1. The van der Waals surface area contributed by atoms with E-state index in [-0.39, 0.29) is 11.7 Å². The van der Waals surface area contributed by atoms with Crippen LogP contribution in [0.2, 0.25) is 0 Å². The molecule has 0 amide bonds. The number of carbonyl (C=O) groups excluding carboxylic acids is 1. The third-order valence-electron chi connectivity index (χ3n) is 0.235. The first kappa shape index (κ1) is 5.49. The maximum Gasteiger partial charge on any atom is 0.661 e. The molecule has 0 atom stereocenters. The molecule has 0 aromatic heterocycles. The summed E-state index contributed by atoms with van der Waals surface area (Å²) in [5.41, 5.74) is 0. The smallest absolute Gasteiger partial charge is 0.418 e. The van der Waals surface area contributed by atoms with Crippen LogP contribution in [0.15, 0.2) is 0 Å². The molecule has 4 heteroatoms. The van der Waals surface area contributed by atoms with Gasteiger partial charge in [-0.25, -0.2) is 0 Å². The lowest BCUT2D eigenvalue weighted by Crippen LogP contribution is -1.90. The molecule has 0 spiro atoms. The van der Waals surface area contributed by atoms with Crippen LogP contribution in [0.4, 0.5) is 4.79 Å². The Kier molecular flexibility index (Phi) is 2.48. The Labute approximate surface area is 38.8 Å². The maximum absolute atomic E-state index is 9.61. The average Bonchev–Trinajstić information content (AvgIpc) is 1.65. The van der Waals surface area contributed by atoms with Gasteiger partial charge in [-0.3, -0.25) is 0 Å². The van der Waals surface area contributed by atoms with Crippen molar-refractivity contribution in [3.05, 3.63) is 0 Å². The first-order valence-electron chi connectivity index (χ1n) is 1.19. The Morgan fingerprint density at radius 2 is 2.33 bits per heavy atom. The molecule has 0 aromatic rings. The highest BCUT2D eigenvalue weighted by atomic mass is 32.1. The highest BCUT2D eigenvalue weighted by Crippen LogP contribution is 1.68. The van der Waals surface area contributed by atoms with Gasteiger partial charge in [-0.15, -0.1) is 0 Å². The fraction of sp³-hybridized carbons (Fsp3) is 0.500. The van der Waals surface area contributed by atoms with Crippen molar-refractivity contribution in [2.24, 2.45) is 0 Å². The first-order valence-corrected chi connectivity index (χ1v) is 1.93. The van der Waals surface area contributed by atoms with Gasteiger partial charge in [0.05, 0.1) is 11.3 Å². The number of hydrogen-bond acceptors (Lipinski definition) is 3. The highest BCUT2D eigenvalue weighted by Gasteiger charge is 2.14. The second-order valence-electron chi connectivity index (χ2n) is 0.537. The van der Waals surface area contributed by atoms with Gasteiger partial charge in [0, 0.05) is 0 Å². The minimum absolute atomic E-state index is 0.186. The molecule has 0 bridgehead atoms. The molecule has 0 fully saturated rings. The lowest BCUT2D eigenvalue weighted by Gasteiger charge is -1.66. The molecule has 0 rings (SSSR count). The van der Waals surface area contributed by atoms with Gasteiger partial charge < -0.3 is 4.74 Å². The summed E-state index contributed by atoms with van der Waals surface area (Å²) < 4.78 is 13.2. The fourth-order valence-electron chi connectivity index (χ4n) is 0.0340. The zero-order chi connectivity index (χ0) is 4.99. The van der Waals surface area contributed by atoms with Crippen LogP contribution in [0.25, 0.3) is 0 Å². The van der Waals surface area contributed by atoms with Gasteiger partial charge in [0.15, 0.2) is 0 Å². The molecular formula is C2H3O3S+. The van der Waals surface area contributed by atoms with E-state index in [9.17, 15) is 9.00 Å². The molecule has 0 unspecified atom stereocenters. The molecule has 0 radical (unpaired) electrons. The van der Waals surface area contributed by atoms with E-state index >= 15 is 0 Å². The topological polar surface area (TPSA) is 43.4 Å². The van der Waals surface area contributed by atoms with E-state index in [1.165, 1.54) is 0 Å². The summed E-state index contributed by atoms with van der Waals surface area (Å²) in [7, 11) is 1.16. The van der Waals surface area contributed by atoms with Crippen molar-refractivity contribution in [3.63, 3.8) is 0 Å². The normalized spacial score (nSPS) is 6.83. The fourth-order valence-corrected chi connectivity index (χ4v) is 0.102. The van der Waals surface area contributed by atoms with Gasteiger partial charge in [0.2, 0.25) is 0 Å². The summed E-state index contributed by atoms with van der Waals surface area (Å²) in [6, 6.07) is 0. The Balaban J connectivity index is 3.23. The largest absolute Gasteiger partial charge is 0.661 e. The van der Waals surface area contributed by atoms with Gasteiger partial charge in [0.1, 0.15) is 0 Å². The molecule has 0 heterocycles. The summed E-state index contributed by atoms with van der Waals surface area (Å²) in [6.07, 6.45) is 0. The lowest BCUT2D eigenvalue weighted by molar-refractivity contribution is 0.199. The number of carbonyl (C=O) groups is 1. The van der Waals surface area contributed by atoms with Crippen LogP contribution in [0.3, 0.4) is 0 Å². The van der Waals surface area contributed by atoms with E-state index in [0.29, 0.717) is 0 Å². The molecule has 6 heavy (non-hydrogen) atoms. The average molecular weight is 107 g/mol. The molecular weight excluding hydrogens is 104 g/mol. The van der Waals surface area contributed by atoms with Crippen molar-refractivity contribution < 1.29 is 13.7 Å². The molecule has 0 aliphatic heterocycles. The van der Waals surface area contributed by atoms with Gasteiger partial charge in [-0.1, -0.05) is 0 Å². The Morgan fingerprint density at radius 1 is 1.83 bits per heavy atom. The van der Waals surface area contributed by atoms with Gasteiger partial charge in [-0.05, 0) is 0 Å². The van der Waals surface area contributed by atoms with Crippen molar-refractivity contribution >= 4 is 17.0 Å². The Morgan fingerprint density at radius 3 is 2.33 bits per heavy atom. The highest BCUT2D eigenvalue weighted by molar-refractivity contribution is 7.82. The van der Waals surface area contributed by atoms with Crippen LogP contribution in [-0.2, 0) is 20.6 Å². The number of methoxy groups -OCH3 is 1. The number of rotatable bonds is 0. The number of hydrogen-bond donors (Lipinski definition) is 0. The minimum atomic E-state index is -0.796.